The van der Waals surface area contributed by atoms with Gasteiger partial charge in [-0.15, -0.1) is 0 Å². The molecule has 3 rings (SSSR count). The molecule has 0 spiro atoms. The number of hydrogen-bond donors (Lipinski definition) is 1. The quantitative estimate of drug-likeness (QED) is 0.917. The van der Waals surface area contributed by atoms with Crippen molar-refractivity contribution in [2.75, 3.05) is 44.8 Å². The third kappa shape index (κ3) is 2.99. The summed E-state index contributed by atoms with van der Waals surface area (Å²) in [5, 5.41) is 9.49. The van der Waals surface area contributed by atoms with E-state index >= 15 is 0 Å². The molecule has 128 valence electrons. The van der Waals surface area contributed by atoms with Gasteiger partial charge in [0, 0.05) is 43.4 Å². The lowest BCUT2D eigenvalue weighted by Crippen LogP contribution is -2.44. The van der Waals surface area contributed by atoms with Crippen LogP contribution in [0.3, 0.4) is 0 Å². The van der Waals surface area contributed by atoms with Crippen LogP contribution in [0.25, 0.3) is 10.9 Å². The van der Waals surface area contributed by atoms with Crippen LogP contribution in [-0.2, 0) is 6.54 Å². The number of halogens is 1. The maximum atomic E-state index is 12.9. The molecule has 1 N–H and O–H groups in total. The first-order valence-corrected chi connectivity index (χ1v) is 7.91. The van der Waals surface area contributed by atoms with Crippen molar-refractivity contribution < 1.29 is 14.3 Å². The summed E-state index contributed by atoms with van der Waals surface area (Å²) in [6.45, 7) is 3.05. The van der Waals surface area contributed by atoms with Crippen LogP contribution in [0.1, 0.15) is 10.4 Å². The Bertz CT molecular complexity index is 826. The van der Waals surface area contributed by atoms with Crippen molar-refractivity contribution in [3.63, 3.8) is 0 Å². The number of fused-ring (bicyclic) bond motifs is 1. The molecule has 0 atom stereocenters. The molecule has 0 amide bonds. The molecule has 0 unspecified atom stereocenters. The van der Waals surface area contributed by atoms with Crippen molar-refractivity contribution in [1.29, 1.82) is 0 Å². The van der Waals surface area contributed by atoms with Crippen LogP contribution in [0.4, 0.5) is 10.1 Å². The van der Waals surface area contributed by atoms with Crippen LogP contribution in [0.5, 0.6) is 0 Å². The van der Waals surface area contributed by atoms with E-state index in [1.165, 1.54) is 10.8 Å². The van der Waals surface area contributed by atoms with Crippen LogP contribution in [0.15, 0.2) is 29.2 Å². The predicted molar refractivity (Wildman–Crippen MR) is 90.9 cm³/mol. The van der Waals surface area contributed by atoms with E-state index < -0.39 is 18.1 Å². The molecule has 1 aromatic heterocycles. The molecule has 24 heavy (non-hydrogen) atoms. The van der Waals surface area contributed by atoms with Crippen molar-refractivity contribution in [2.45, 2.75) is 6.54 Å². The SMILES string of the molecule is CN1CCN(c2ccc3c(=O)c(C(=O)O)cn(CCF)c3c2)CC1. The fraction of sp³-hybridized carbons (Fsp3) is 0.412. The molecule has 0 bridgehead atoms. The number of rotatable bonds is 4. The minimum atomic E-state index is -1.29. The van der Waals surface area contributed by atoms with E-state index in [2.05, 4.69) is 16.8 Å². The van der Waals surface area contributed by atoms with Crippen LogP contribution in [0.2, 0.25) is 0 Å². The molecular weight excluding hydrogens is 313 g/mol. The maximum Gasteiger partial charge on any atom is 0.341 e. The summed E-state index contributed by atoms with van der Waals surface area (Å²) in [6, 6.07) is 5.33. The number of likely N-dealkylation sites (N-methyl/N-ethyl adjacent to an activating group) is 1. The number of carboxylic acid groups (broad SMARTS) is 1. The molecule has 0 aliphatic carbocycles. The van der Waals surface area contributed by atoms with Gasteiger partial charge >= 0.3 is 5.97 Å². The van der Waals surface area contributed by atoms with E-state index in [4.69, 9.17) is 0 Å². The number of hydrogen-bond acceptors (Lipinski definition) is 4. The minimum Gasteiger partial charge on any atom is -0.477 e. The number of aromatic carboxylic acids is 1. The Kier molecular flexibility index (Phi) is 4.53. The summed E-state index contributed by atoms with van der Waals surface area (Å²) in [7, 11) is 2.07. The molecule has 7 heteroatoms. The summed E-state index contributed by atoms with van der Waals surface area (Å²) < 4.78 is 14.4. The topological polar surface area (TPSA) is 65.8 Å². The van der Waals surface area contributed by atoms with Gasteiger partial charge in [-0.25, -0.2) is 9.18 Å². The van der Waals surface area contributed by atoms with Gasteiger partial charge in [-0.2, -0.15) is 0 Å². The standard InChI is InChI=1S/C17H20FN3O3/c1-19-6-8-20(9-7-19)12-2-3-13-15(10-12)21(5-4-18)11-14(16(13)22)17(23)24/h2-3,10-11H,4-9H2,1H3,(H,23,24). The Morgan fingerprint density at radius 3 is 2.58 bits per heavy atom. The normalized spacial score (nSPS) is 15.8. The van der Waals surface area contributed by atoms with Crippen molar-refractivity contribution in [3.05, 3.63) is 40.2 Å². The number of pyridine rings is 1. The fourth-order valence-corrected chi connectivity index (χ4v) is 3.07. The van der Waals surface area contributed by atoms with Gasteiger partial charge in [0.2, 0.25) is 5.43 Å². The highest BCUT2D eigenvalue weighted by Gasteiger charge is 2.18. The molecule has 6 nitrogen and oxygen atoms in total. The second-order valence-corrected chi connectivity index (χ2v) is 6.05. The number of carbonyl (C=O) groups is 1. The largest absolute Gasteiger partial charge is 0.477 e. The monoisotopic (exact) mass is 333 g/mol. The molecule has 1 aromatic carbocycles. The van der Waals surface area contributed by atoms with E-state index in [-0.39, 0.29) is 12.1 Å². The Hall–Kier alpha value is -2.41. The lowest BCUT2D eigenvalue weighted by molar-refractivity contribution is 0.0694. The molecular formula is C17H20FN3O3. The van der Waals surface area contributed by atoms with Gasteiger partial charge < -0.3 is 19.5 Å². The Balaban J connectivity index is 2.11. The van der Waals surface area contributed by atoms with Gasteiger partial charge in [0.15, 0.2) is 0 Å². The highest BCUT2D eigenvalue weighted by atomic mass is 19.1. The number of aryl methyl sites for hydroxylation is 1. The molecule has 1 fully saturated rings. The number of anilines is 1. The maximum absolute atomic E-state index is 12.9. The molecule has 2 heterocycles. The number of aromatic nitrogens is 1. The molecule has 2 aromatic rings. The lowest BCUT2D eigenvalue weighted by atomic mass is 10.1. The number of carboxylic acids is 1. The van der Waals surface area contributed by atoms with Crippen molar-refractivity contribution in [3.8, 4) is 0 Å². The lowest BCUT2D eigenvalue weighted by Gasteiger charge is -2.34. The van der Waals surface area contributed by atoms with E-state index in [1.54, 1.807) is 6.07 Å². The third-order valence-corrected chi connectivity index (χ3v) is 4.49. The highest BCUT2D eigenvalue weighted by molar-refractivity contribution is 5.93. The van der Waals surface area contributed by atoms with Gasteiger partial charge in [0.05, 0.1) is 12.1 Å². The van der Waals surface area contributed by atoms with E-state index in [0.29, 0.717) is 10.9 Å². The minimum absolute atomic E-state index is 0.0171. The van der Waals surface area contributed by atoms with Crippen LogP contribution >= 0.6 is 0 Å². The Morgan fingerprint density at radius 1 is 1.25 bits per heavy atom. The van der Waals surface area contributed by atoms with Crippen molar-refractivity contribution in [1.82, 2.24) is 9.47 Å². The van der Waals surface area contributed by atoms with Gasteiger partial charge in [0.1, 0.15) is 12.2 Å². The van der Waals surface area contributed by atoms with Gasteiger partial charge in [-0.3, -0.25) is 4.79 Å². The first kappa shape index (κ1) is 16.4. The summed E-state index contributed by atoms with van der Waals surface area (Å²) in [6.07, 6.45) is 1.24. The number of nitrogens with zero attached hydrogens (tertiary/aromatic N) is 3. The van der Waals surface area contributed by atoms with Gasteiger partial charge in [0.25, 0.3) is 0 Å². The average molecular weight is 333 g/mol. The Labute approximate surface area is 138 Å². The average Bonchev–Trinajstić information content (AvgIpc) is 2.57. The predicted octanol–water partition coefficient (Wildman–Crippen LogP) is 1.42. The molecule has 0 saturated carbocycles. The van der Waals surface area contributed by atoms with Gasteiger partial charge in [-0.1, -0.05) is 0 Å². The zero-order chi connectivity index (χ0) is 17.3. The molecule has 1 saturated heterocycles. The fourth-order valence-electron chi connectivity index (χ4n) is 3.07. The number of benzene rings is 1. The van der Waals surface area contributed by atoms with Crippen molar-refractivity contribution in [2.24, 2.45) is 0 Å². The molecule has 1 aliphatic rings. The van der Waals surface area contributed by atoms with Crippen molar-refractivity contribution >= 4 is 22.6 Å². The van der Waals surface area contributed by atoms with Gasteiger partial charge in [-0.05, 0) is 25.2 Å². The summed E-state index contributed by atoms with van der Waals surface area (Å²) in [5.41, 5.74) is 0.672. The first-order valence-electron chi connectivity index (χ1n) is 7.91. The van der Waals surface area contributed by atoms with E-state index in [9.17, 15) is 19.1 Å². The van der Waals surface area contributed by atoms with Crippen LogP contribution < -0.4 is 10.3 Å². The zero-order valence-corrected chi connectivity index (χ0v) is 13.5. The highest BCUT2D eigenvalue weighted by Crippen LogP contribution is 2.22. The summed E-state index contributed by atoms with van der Waals surface area (Å²) in [4.78, 5) is 28.1. The summed E-state index contributed by atoms with van der Waals surface area (Å²) >= 11 is 0. The van der Waals surface area contributed by atoms with Crippen LogP contribution in [0, 0.1) is 0 Å². The van der Waals surface area contributed by atoms with E-state index in [1.807, 2.05) is 12.1 Å². The van der Waals surface area contributed by atoms with Crippen LogP contribution in [-0.4, -0.2) is 60.4 Å². The second-order valence-electron chi connectivity index (χ2n) is 6.05. The van der Waals surface area contributed by atoms with E-state index in [0.717, 1.165) is 31.9 Å². The first-order chi connectivity index (χ1) is 11.5. The third-order valence-electron chi connectivity index (χ3n) is 4.49. The number of piperazine rings is 1. The molecule has 0 radical (unpaired) electrons. The zero-order valence-electron chi connectivity index (χ0n) is 13.5. The Morgan fingerprint density at radius 2 is 1.96 bits per heavy atom. The molecule has 1 aliphatic heterocycles. The second kappa shape index (κ2) is 6.60. The smallest absolute Gasteiger partial charge is 0.341 e. The number of alkyl halides is 1. The summed E-state index contributed by atoms with van der Waals surface area (Å²) in [5.74, 6) is -1.29.